The van der Waals surface area contributed by atoms with Crippen LogP contribution < -0.4 is 0 Å². The SMILES string of the molecule is O=C(CCC(F)(F)F)CC1CCCCC1. The van der Waals surface area contributed by atoms with Gasteiger partial charge in [-0.1, -0.05) is 32.1 Å². The number of rotatable bonds is 4. The minimum Gasteiger partial charge on any atom is -0.300 e. The van der Waals surface area contributed by atoms with Gasteiger partial charge in [0.2, 0.25) is 0 Å². The largest absolute Gasteiger partial charge is 0.389 e. The molecule has 0 N–H and O–H groups in total. The van der Waals surface area contributed by atoms with Gasteiger partial charge < -0.3 is 0 Å². The van der Waals surface area contributed by atoms with Crippen molar-refractivity contribution in [3.63, 3.8) is 0 Å². The maximum absolute atomic E-state index is 11.8. The second kappa shape index (κ2) is 5.52. The van der Waals surface area contributed by atoms with E-state index in [1.165, 1.54) is 6.42 Å². The summed E-state index contributed by atoms with van der Waals surface area (Å²) in [5, 5.41) is 0. The Morgan fingerprint density at radius 3 is 2.27 bits per heavy atom. The number of hydrogen-bond acceptors (Lipinski definition) is 1. The second-order valence-electron chi connectivity index (χ2n) is 4.36. The van der Waals surface area contributed by atoms with Crippen molar-refractivity contribution in [1.82, 2.24) is 0 Å². The summed E-state index contributed by atoms with van der Waals surface area (Å²) in [4.78, 5) is 11.3. The molecule has 1 rings (SSSR count). The molecule has 1 nitrogen and oxygen atoms in total. The number of hydrogen-bond donors (Lipinski definition) is 0. The quantitative estimate of drug-likeness (QED) is 0.705. The van der Waals surface area contributed by atoms with Crippen molar-refractivity contribution in [2.24, 2.45) is 5.92 Å². The number of carbonyl (C=O) groups is 1. The molecule has 4 heteroatoms. The van der Waals surface area contributed by atoms with Gasteiger partial charge in [-0.05, 0) is 5.92 Å². The molecule has 0 aromatic heterocycles. The standard InChI is InChI=1S/C11H17F3O/c12-11(13,14)7-6-10(15)8-9-4-2-1-3-5-9/h9H,1-8H2. The highest BCUT2D eigenvalue weighted by Crippen LogP contribution is 2.28. The normalized spacial score (nSPS) is 19.1. The Kier molecular flexibility index (Phi) is 4.61. The fourth-order valence-corrected chi connectivity index (χ4v) is 2.10. The molecule has 1 saturated carbocycles. The minimum atomic E-state index is -4.19. The third-order valence-electron chi connectivity index (χ3n) is 2.93. The van der Waals surface area contributed by atoms with Crippen molar-refractivity contribution in [3.8, 4) is 0 Å². The summed E-state index contributed by atoms with van der Waals surface area (Å²) in [5.74, 6) is 0.124. The average molecular weight is 222 g/mol. The van der Waals surface area contributed by atoms with E-state index in [0.717, 1.165) is 25.7 Å². The van der Waals surface area contributed by atoms with Crippen molar-refractivity contribution >= 4 is 5.78 Å². The van der Waals surface area contributed by atoms with Crippen LogP contribution >= 0.6 is 0 Å². The molecule has 0 heterocycles. The molecule has 1 aliphatic rings. The molecule has 0 radical (unpaired) electrons. The zero-order valence-electron chi connectivity index (χ0n) is 8.78. The van der Waals surface area contributed by atoms with Gasteiger partial charge in [0.1, 0.15) is 5.78 Å². The van der Waals surface area contributed by atoms with Gasteiger partial charge in [-0.25, -0.2) is 0 Å². The second-order valence-corrected chi connectivity index (χ2v) is 4.36. The van der Waals surface area contributed by atoms with E-state index in [-0.39, 0.29) is 12.2 Å². The summed E-state index contributed by atoms with van der Waals surface area (Å²) in [7, 11) is 0. The fourth-order valence-electron chi connectivity index (χ4n) is 2.10. The van der Waals surface area contributed by atoms with E-state index in [0.29, 0.717) is 12.3 Å². The molecule has 1 aliphatic carbocycles. The molecule has 0 aromatic rings. The van der Waals surface area contributed by atoms with Crippen LogP contribution in [-0.2, 0) is 4.79 Å². The zero-order chi connectivity index (χ0) is 11.3. The van der Waals surface area contributed by atoms with E-state index < -0.39 is 12.6 Å². The Bertz CT molecular complexity index is 204. The monoisotopic (exact) mass is 222 g/mol. The van der Waals surface area contributed by atoms with E-state index in [9.17, 15) is 18.0 Å². The van der Waals surface area contributed by atoms with Crippen molar-refractivity contribution in [1.29, 1.82) is 0 Å². The van der Waals surface area contributed by atoms with Crippen LogP contribution in [0, 0.1) is 5.92 Å². The Balaban J connectivity index is 2.17. The number of alkyl halides is 3. The fraction of sp³-hybridized carbons (Fsp3) is 0.909. The highest BCUT2D eigenvalue weighted by Gasteiger charge is 2.28. The molecule has 15 heavy (non-hydrogen) atoms. The first kappa shape index (κ1) is 12.5. The summed E-state index contributed by atoms with van der Waals surface area (Å²) in [5.41, 5.74) is 0. The maximum Gasteiger partial charge on any atom is 0.389 e. The highest BCUT2D eigenvalue weighted by molar-refractivity contribution is 5.78. The van der Waals surface area contributed by atoms with Crippen LogP contribution in [0.2, 0.25) is 0 Å². The Labute approximate surface area is 88.0 Å². The molecule has 0 aliphatic heterocycles. The van der Waals surface area contributed by atoms with Crippen molar-refractivity contribution in [3.05, 3.63) is 0 Å². The first-order chi connectivity index (χ1) is 6.97. The summed E-state index contributed by atoms with van der Waals surface area (Å²) in [6.45, 7) is 0. The van der Waals surface area contributed by atoms with E-state index in [2.05, 4.69) is 0 Å². The molecule has 88 valence electrons. The van der Waals surface area contributed by atoms with E-state index in [1.54, 1.807) is 0 Å². The topological polar surface area (TPSA) is 17.1 Å². The number of carbonyl (C=O) groups excluding carboxylic acids is 1. The predicted octanol–water partition coefficient (Wildman–Crippen LogP) is 3.87. The molecule has 0 atom stereocenters. The Morgan fingerprint density at radius 1 is 1.13 bits per heavy atom. The summed E-state index contributed by atoms with van der Waals surface area (Å²) < 4.78 is 35.5. The number of halogens is 3. The lowest BCUT2D eigenvalue weighted by atomic mass is 9.85. The molecule has 0 spiro atoms. The molecule has 0 aromatic carbocycles. The van der Waals surface area contributed by atoms with Crippen LogP contribution in [0.3, 0.4) is 0 Å². The van der Waals surface area contributed by atoms with Gasteiger partial charge in [0, 0.05) is 12.8 Å². The van der Waals surface area contributed by atoms with Crippen molar-refractivity contribution in [2.75, 3.05) is 0 Å². The molecule has 0 amide bonds. The Morgan fingerprint density at radius 2 is 1.73 bits per heavy atom. The lowest BCUT2D eigenvalue weighted by molar-refractivity contribution is -0.143. The van der Waals surface area contributed by atoms with Gasteiger partial charge in [-0.3, -0.25) is 4.79 Å². The summed E-state index contributed by atoms with van der Waals surface area (Å²) in [6.07, 6.45) is 0.341. The summed E-state index contributed by atoms with van der Waals surface area (Å²) >= 11 is 0. The van der Waals surface area contributed by atoms with Crippen molar-refractivity contribution < 1.29 is 18.0 Å². The maximum atomic E-state index is 11.8. The lowest BCUT2D eigenvalue weighted by Crippen LogP contribution is -2.15. The van der Waals surface area contributed by atoms with E-state index >= 15 is 0 Å². The third-order valence-corrected chi connectivity index (χ3v) is 2.93. The minimum absolute atomic E-state index is 0.223. The zero-order valence-corrected chi connectivity index (χ0v) is 8.78. The van der Waals surface area contributed by atoms with E-state index in [4.69, 9.17) is 0 Å². The van der Waals surface area contributed by atoms with E-state index in [1.807, 2.05) is 0 Å². The van der Waals surface area contributed by atoms with Gasteiger partial charge in [0.15, 0.2) is 0 Å². The van der Waals surface area contributed by atoms with Gasteiger partial charge in [0.05, 0.1) is 6.42 Å². The molecule has 0 unspecified atom stereocenters. The van der Waals surface area contributed by atoms with Crippen LogP contribution in [0.15, 0.2) is 0 Å². The van der Waals surface area contributed by atoms with Gasteiger partial charge in [0.25, 0.3) is 0 Å². The van der Waals surface area contributed by atoms with Crippen LogP contribution in [0.1, 0.15) is 51.4 Å². The molecular weight excluding hydrogens is 205 g/mol. The molecular formula is C11H17F3O. The smallest absolute Gasteiger partial charge is 0.300 e. The van der Waals surface area contributed by atoms with Crippen LogP contribution in [0.4, 0.5) is 13.2 Å². The first-order valence-electron chi connectivity index (χ1n) is 5.56. The van der Waals surface area contributed by atoms with Crippen LogP contribution in [-0.4, -0.2) is 12.0 Å². The summed E-state index contributed by atoms with van der Waals surface area (Å²) in [6, 6.07) is 0. The molecule has 0 bridgehead atoms. The highest BCUT2D eigenvalue weighted by atomic mass is 19.4. The molecule has 1 fully saturated rings. The number of ketones is 1. The third kappa shape index (κ3) is 5.80. The Hall–Kier alpha value is -0.540. The lowest BCUT2D eigenvalue weighted by Gasteiger charge is -2.20. The van der Waals surface area contributed by atoms with Gasteiger partial charge in [-0.15, -0.1) is 0 Å². The molecule has 0 saturated heterocycles. The van der Waals surface area contributed by atoms with Crippen LogP contribution in [0.5, 0.6) is 0 Å². The average Bonchev–Trinajstić information content (AvgIpc) is 2.15. The first-order valence-corrected chi connectivity index (χ1v) is 5.56. The predicted molar refractivity (Wildman–Crippen MR) is 51.5 cm³/mol. The van der Waals surface area contributed by atoms with Gasteiger partial charge >= 0.3 is 6.18 Å². The number of Topliss-reactive ketones (excluding diaryl/α,β-unsaturated/α-hetero) is 1. The van der Waals surface area contributed by atoms with Crippen molar-refractivity contribution in [2.45, 2.75) is 57.5 Å². The van der Waals surface area contributed by atoms with Crippen LogP contribution in [0.25, 0.3) is 0 Å². The van der Waals surface area contributed by atoms with Gasteiger partial charge in [-0.2, -0.15) is 13.2 Å².